The summed E-state index contributed by atoms with van der Waals surface area (Å²) in [4.78, 5) is 35.4. The smallest absolute Gasteiger partial charge is 0.308 e. The maximum absolute atomic E-state index is 9.63. The van der Waals surface area contributed by atoms with Gasteiger partial charge in [-0.3, -0.25) is 0 Å². The lowest BCUT2D eigenvalue weighted by atomic mass is 10.3. The van der Waals surface area contributed by atoms with Crippen molar-refractivity contribution in [2.45, 2.75) is 13.0 Å². The van der Waals surface area contributed by atoms with E-state index in [9.17, 15) is 9.13 Å². The van der Waals surface area contributed by atoms with Gasteiger partial charge in [-0.25, -0.2) is 9.13 Å². The molecule has 0 aromatic heterocycles. The van der Waals surface area contributed by atoms with Crippen LogP contribution in [0.4, 0.5) is 0 Å². The number of hydrogen-bond donors (Lipinski definition) is 4. The predicted molar refractivity (Wildman–Crippen MR) is 66.9 cm³/mol. The summed E-state index contributed by atoms with van der Waals surface area (Å²) in [5, 5.41) is 0. The Balaban J connectivity index is 0. The van der Waals surface area contributed by atoms with Gasteiger partial charge >= 0.3 is 15.6 Å². The van der Waals surface area contributed by atoms with Crippen molar-refractivity contribution >= 4 is 15.6 Å². The molecule has 0 aliphatic heterocycles. The first-order chi connectivity index (χ1) is 7.74. The van der Waals surface area contributed by atoms with Crippen LogP contribution in [0.3, 0.4) is 0 Å². The highest BCUT2D eigenvalue weighted by Crippen LogP contribution is 2.53. The van der Waals surface area contributed by atoms with Crippen molar-refractivity contribution < 1.29 is 33.0 Å². The standard InChI is InChI=1S/C7H18N2.H4O7P2/c1-7(9(4)5)6-8(2)3;1-8(2,3)7-9(4,5)6/h7H,6H2,1-5H3;(H2,1,2,3)(H2,4,5,6). The quantitative estimate of drug-likeness (QED) is 0.505. The van der Waals surface area contributed by atoms with Crippen LogP contribution >= 0.6 is 15.6 Å². The molecule has 0 fully saturated rings. The first kappa shape index (κ1) is 20.5. The molecule has 0 rings (SSSR count). The molecule has 0 heterocycles. The fourth-order valence-corrected chi connectivity index (χ4v) is 1.94. The number of likely N-dealkylation sites (N-methyl/N-ethyl adjacent to an activating group) is 2. The summed E-state index contributed by atoms with van der Waals surface area (Å²) >= 11 is 0. The Morgan fingerprint density at radius 1 is 1.00 bits per heavy atom. The van der Waals surface area contributed by atoms with E-state index >= 15 is 0 Å². The van der Waals surface area contributed by atoms with Crippen LogP contribution in [0.15, 0.2) is 0 Å². The molecule has 112 valence electrons. The van der Waals surface area contributed by atoms with Crippen LogP contribution in [0, 0.1) is 0 Å². The lowest BCUT2D eigenvalue weighted by Gasteiger charge is -2.22. The molecule has 0 spiro atoms. The summed E-state index contributed by atoms with van der Waals surface area (Å²) in [6.07, 6.45) is 0. The van der Waals surface area contributed by atoms with Gasteiger partial charge in [0.15, 0.2) is 0 Å². The zero-order chi connectivity index (χ0) is 15.1. The van der Waals surface area contributed by atoms with Gasteiger partial charge in [-0.1, -0.05) is 0 Å². The van der Waals surface area contributed by atoms with Crippen molar-refractivity contribution in [2.75, 3.05) is 34.7 Å². The molecule has 0 saturated carbocycles. The van der Waals surface area contributed by atoms with E-state index < -0.39 is 15.6 Å². The lowest BCUT2D eigenvalue weighted by Crippen LogP contribution is -2.34. The fourth-order valence-electron chi connectivity index (χ4n) is 0.830. The second kappa shape index (κ2) is 8.37. The largest absolute Gasteiger partial charge is 0.478 e. The van der Waals surface area contributed by atoms with E-state index in [-0.39, 0.29) is 0 Å². The fraction of sp³-hybridized carbons (Fsp3) is 1.00. The van der Waals surface area contributed by atoms with Crippen molar-refractivity contribution in [2.24, 2.45) is 0 Å². The van der Waals surface area contributed by atoms with Crippen molar-refractivity contribution in [3.8, 4) is 0 Å². The Kier molecular flexibility index (Phi) is 9.53. The minimum absolute atomic E-state index is 0.653. The second-order valence-corrected chi connectivity index (χ2v) is 6.75. The van der Waals surface area contributed by atoms with Crippen molar-refractivity contribution in [1.82, 2.24) is 9.80 Å². The number of phosphoric acid groups is 2. The van der Waals surface area contributed by atoms with Gasteiger partial charge in [0, 0.05) is 12.6 Å². The van der Waals surface area contributed by atoms with Crippen LogP contribution in [-0.2, 0) is 13.4 Å². The van der Waals surface area contributed by atoms with E-state index in [0.29, 0.717) is 6.04 Å². The van der Waals surface area contributed by atoms with E-state index in [1.165, 1.54) is 0 Å². The molecule has 0 aliphatic rings. The highest BCUT2D eigenvalue weighted by molar-refractivity contribution is 7.60. The zero-order valence-electron chi connectivity index (χ0n) is 11.1. The molecular formula is C7H22N2O7P2. The number of rotatable bonds is 5. The van der Waals surface area contributed by atoms with Crippen molar-refractivity contribution in [1.29, 1.82) is 0 Å². The van der Waals surface area contributed by atoms with Gasteiger partial charge in [-0.15, -0.1) is 0 Å². The van der Waals surface area contributed by atoms with Gasteiger partial charge in [0.25, 0.3) is 0 Å². The van der Waals surface area contributed by atoms with Gasteiger partial charge in [0.05, 0.1) is 0 Å². The summed E-state index contributed by atoms with van der Waals surface area (Å²) in [5.74, 6) is 0. The van der Waals surface area contributed by atoms with E-state index in [1.807, 2.05) is 0 Å². The number of hydrogen-bond acceptors (Lipinski definition) is 5. The van der Waals surface area contributed by atoms with Crippen molar-refractivity contribution in [3.63, 3.8) is 0 Å². The van der Waals surface area contributed by atoms with E-state index in [4.69, 9.17) is 19.6 Å². The molecule has 9 nitrogen and oxygen atoms in total. The van der Waals surface area contributed by atoms with E-state index in [1.54, 1.807) is 0 Å². The van der Waals surface area contributed by atoms with Gasteiger partial charge in [-0.2, -0.15) is 4.31 Å². The molecule has 18 heavy (non-hydrogen) atoms. The third-order valence-corrected chi connectivity index (χ3v) is 3.43. The Morgan fingerprint density at radius 2 is 1.33 bits per heavy atom. The molecule has 4 N–H and O–H groups in total. The maximum atomic E-state index is 9.63. The van der Waals surface area contributed by atoms with Crippen LogP contribution in [0.25, 0.3) is 0 Å². The topological polar surface area (TPSA) is 131 Å². The van der Waals surface area contributed by atoms with Gasteiger partial charge in [0.2, 0.25) is 0 Å². The highest BCUT2D eigenvalue weighted by atomic mass is 31.3. The minimum Gasteiger partial charge on any atom is -0.308 e. The third kappa shape index (κ3) is 18.5. The van der Waals surface area contributed by atoms with Gasteiger partial charge in [0.1, 0.15) is 0 Å². The van der Waals surface area contributed by atoms with E-state index in [2.05, 4.69) is 49.2 Å². The monoisotopic (exact) mass is 308 g/mol. The maximum Gasteiger partial charge on any atom is 0.478 e. The zero-order valence-corrected chi connectivity index (χ0v) is 12.9. The Labute approximate surface area is 107 Å². The molecule has 0 aromatic rings. The molecule has 0 bridgehead atoms. The van der Waals surface area contributed by atoms with Crippen LogP contribution in [-0.4, -0.2) is 70.2 Å². The molecule has 0 aromatic carbocycles. The SMILES string of the molecule is CC(CN(C)C)N(C)C.O=P(O)(O)OP(=O)(O)O. The van der Waals surface area contributed by atoms with Crippen molar-refractivity contribution in [3.05, 3.63) is 0 Å². The highest BCUT2D eigenvalue weighted by Gasteiger charge is 2.27. The van der Waals surface area contributed by atoms with Crippen LogP contribution < -0.4 is 0 Å². The summed E-state index contributed by atoms with van der Waals surface area (Å²) in [6.45, 7) is 3.35. The van der Waals surface area contributed by atoms with E-state index in [0.717, 1.165) is 6.54 Å². The number of nitrogens with zero attached hydrogens (tertiary/aromatic N) is 2. The third-order valence-electron chi connectivity index (χ3n) is 1.72. The molecule has 0 amide bonds. The van der Waals surface area contributed by atoms with Crippen LogP contribution in [0.1, 0.15) is 6.92 Å². The molecule has 0 aliphatic carbocycles. The van der Waals surface area contributed by atoms with Crippen LogP contribution in [0.5, 0.6) is 0 Å². The first-order valence-corrected chi connectivity index (χ1v) is 7.94. The molecule has 1 atom stereocenters. The van der Waals surface area contributed by atoms with Gasteiger partial charge < -0.3 is 29.4 Å². The average molecular weight is 308 g/mol. The lowest BCUT2D eigenvalue weighted by molar-refractivity contribution is 0.225. The Morgan fingerprint density at radius 3 is 1.39 bits per heavy atom. The molecular weight excluding hydrogens is 286 g/mol. The Hall–Kier alpha value is 0.180. The second-order valence-electron chi connectivity index (χ2n) is 4.14. The Bertz CT molecular complexity index is 291. The van der Waals surface area contributed by atoms with Crippen LogP contribution in [0.2, 0.25) is 0 Å². The first-order valence-electron chi connectivity index (χ1n) is 4.88. The average Bonchev–Trinajstić information content (AvgIpc) is 1.95. The normalized spacial score (nSPS) is 14.4. The van der Waals surface area contributed by atoms with Gasteiger partial charge in [-0.05, 0) is 35.1 Å². The summed E-state index contributed by atoms with van der Waals surface area (Å²) in [7, 11) is -1.70. The molecule has 11 heteroatoms. The predicted octanol–water partition coefficient (Wildman–Crippen LogP) is -0.313. The molecule has 1 unspecified atom stereocenters. The molecule has 0 radical (unpaired) electrons. The molecule has 0 saturated heterocycles. The summed E-state index contributed by atoms with van der Waals surface area (Å²) in [5.41, 5.74) is 0. The summed E-state index contributed by atoms with van der Waals surface area (Å²) < 4.78 is 22.2. The summed E-state index contributed by atoms with van der Waals surface area (Å²) in [6, 6.07) is 0.653. The minimum atomic E-state index is -5.05.